The second-order valence-electron chi connectivity index (χ2n) is 11.6. The summed E-state index contributed by atoms with van der Waals surface area (Å²) in [6.45, 7) is 9.05. The molecular weight excluding hydrogens is 504 g/mol. The number of hydrogen-bond acceptors (Lipinski definition) is 8. The number of hydrogen-bond donors (Lipinski definition) is 1. The van der Waals surface area contributed by atoms with Crippen molar-refractivity contribution in [2.75, 3.05) is 63.7 Å². The van der Waals surface area contributed by atoms with Crippen molar-refractivity contribution in [2.24, 2.45) is 11.8 Å². The van der Waals surface area contributed by atoms with Crippen LogP contribution in [0.15, 0.2) is 48.9 Å². The molecule has 0 spiro atoms. The summed E-state index contributed by atoms with van der Waals surface area (Å²) >= 11 is 0. The van der Waals surface area contributed by atoms with Gasteiger partial charge in [-0.1, -0.05) is 12.1 Å². The summed E-state index contributed by atoms with van der Waals surface area (Å²) in [5, 5.41) is 9.36. The lowest BCUT2D eigenvalue weighted by atomic mass is 10.0. The third kappa shape index (κ3) is 4.44. The Morgan fingerprint density at radius 3 is 2.60 bits per heavy atom. The number of fused-ring (bicyclic) bond motifs is 2. The van der Waals surface area contributed by atoms with Crippen molar-refractivity contribution in [1.29, 1.82) is 0 Å². The molecule has 40 heavy (non-hydrogen) atoms. The predicted octanol–water partition coefficient (Wildman–Crippen LogP) is 3.60. The van der Waals surface area contributed by atoms with Crippen LogP contribution in [0.2, 0.25) is 0 Å². The van der Waals surface area contributed by atoms with Crippen LogP contribution >= 0.6 is 0 Å². The van der Waals surface area contributed by atoms with Crippen LogP contribution in [0.25, 0.3) is 28.0 Å². The number of nitrogen functional groups attached to an aromatic ring is 1. The Kier molecular flexibility index (Phi) is 6.69. The van der Waals surface area contributed by atoms with Crippen LogP contribution in [-0.2, 0) is 9.47 Å². The zero-order chi connectivity index (χ0) is 27.2. The minimum atomic E-state index is 0.300. The van der Waals surface area contributed by atoms with Crippen molar-refractivity contribution in [1.82, 2.24) is 29.3 Å². The number of anilines is 2. The maximum absolute atomic E-state index is 6.47. The summed E-state index contributed by atoms with van der Waals surface area (Å²) in [6, 6.07) is 13.9. The molecule has 1 aromatic carbocycles. The second-order valence-corrected chi connectivity index (χ2v) is 11.6. The summed E-state index contributed by atoms with van der Waals surface area (Å²) in [5.41, 5.74) is 12.7. The average molecular weight is 543 g/mol. The average Bonchev–Trinajstić information content (AvgIpc) is 3.76. The van der Waals surface area contributed by atoms with Crippen LogP contribution in [0.3, 0.4) is 0 Å². The third-order valence-electron chi connectivity index (χ3n) is 9.12. The van der Waals surface area contributed by atoms with Gasteiger partial charge in [0.2, 0.25) is 0 Å². The maximum Gasteiger partial charge on any atom is 0.152 e. The molecule has 4 aromatic rings. The number of aromatic nitrogens is 5. The molecule has 3 atom stereocenters. The highest BCUT2D eigenvalue weighted by atomic mass is 16.5. The van der Waals surface area contributed by atoms with E-state index in [4.69, 9.17) is 20.3 Å². The van der Waals surface area contributed by atoms with E-state index in [-0.39, 0.29) is 0 Å². The fraction of sp³-hybridized carbons (Fsp3) is 0.500. The highest BCUT2D eigenvalue weighted by Crippen LogP contribution is 2.39. The molecule has 0 aliphatic carbocycles. The number of ether oxygens (including phenoxy) is 2. The van der Waals surface area contributed by atoms with Gasteiger partial charge in [-0.25, -0.2) is 9.50 Å². The van der Waals surface area contributed by atoms with Crippen molar-refractivity contribution in [3.05, 3.63) is 48.9 Å². The maximum atomic E-state index is 6.47. The van der Waals surface area contributed by atoms with Crippen molar-refractivity contribution >= 4 is 17.0 Å². The number of nitrogens with zero attached hydrogens (tertiary/aromatic N) is 7. The summed E-state index contributed by atoms with van der Waals surface area (Å²) in [7, 11) is 1.79. The first-order valence-electron chi connectivity index (χ1n) is 14.4. The van der Waals surface area contributed by atoms with Crippen LogP contribution in [0, 0.1) is 11.8 Å². The Labute approximate surface area is 234 Å². The van der Waals surface area contributed by atoms with Crippen molar-refractivity contribution < 1.29 is 9.47 Å². The fourth-order valence-electron chi connectivity index (χ4n) is 7.03. The molecule has 10 nitrogen and oxygen atoms in total. The lowest BCUT2D eigenvalue weighted by Crippen LogP contribution is -2.37. The Bertz CT molecular complexity index is 1480. The molecule has 3 aromatic heterocycles. The number of methoxy groups -OCH3 is 1. The largest absolute Gasteiger partial charge is 0.383 e. The van der Waals surface area contributed by atoms with Gasteiger partial charge in [0.05, 0.1) is 24.0 Å². The van der Waals surface area contributed by atoms with Gasteiger partial charge >= 0.3 is 0 Å². The lowest BCUT2D eigenvalue weighted by Gasteiger charge is -2.27. The molecule has 0 radical (unpaired) electrons. The summed E-state index contributed by atoms with van der Waals surface area (Å²) in [4.78, 5) is 9.49. The smallest absolute Gasteiger partial charge is 0.152 e. The van der Waals surface area contributed by atoms with Gasteiger partial charge in [-0.15, -0.1) is 0 Å². The number of benzene rings is 1. The van der Waals surface area contributed by atoms with Gasteiger partial charge in [0.15, 0.2) is 5.82 Å². The van der Waals surface area contributed by atoms with Gasteiger partial charge < -0.3 is 20.1 Å². The minimum absolute atomic E-state index is 0.300. The van der Waals surface area contributed by atoms with E-state index in [1.165, 1.54) is 12.0 Å². The van der Waals surface area contributed by atoms with E-state index in [1.54, 1.807) is 7.11 Å². The molecule has 0 bridgehead atoms. The van der Waals surface area contributed by atoms with Crippen molar-refractivity contribution in [3.8, 4) is 22.5 Å². The van der Waals surface area contributed by atoms with Crippen LogP contribution in [-0.4, -0.2) is 88.4 Å². The molecule has 2 N–H and O–H groups in total. The summed E-state index contributed by atoms with van der Waals surface area (Å²) < 4.78 is 15.1. The van der Waals surface area contributed by atoms with Crippen molar-refractivity contribution in [3.63, 3.8) is 0 Å². The quantitative estimate of drug-likeness (QED) is 0.378. The Morgan fingerprint density at radius 1 is 1.02 bits per heavy atom. The molecule has 3 unspecified atom stereocenters. The Balaban J connectivity index is 1.20. The van der Waals surface area contributed by atoms with Gasteiger partial charge in [-0.05, 0) is 55.9 Å². The zero-order valence-electron chi connectivity index (χ0n) is 23.3. The minimum Gasteiger partial charge on any atom is -0.383 e. The first-order chi connectivity index (χ1) is 19.6. The zero-order valence-corrected chi connectivity index (χ0v) is 23.3. The molecule has 3 fully saturated rings. The number of rotatable bonds is 7. The van der Waals surface area contributed by atoms with E-state index in [2.05, 4.69) is 67.9 Å². The first kappa shape index (κ1) is 25.5. The molecule has 210 valence electrons. The Morgan fingerprint density at radius 2 is 1.82 bits per heavy atom. The normalized spacial score (nSPS) is 22.8. The standard InChI is InChI=1S/C30H38N8O2/c1-20(18-39-2)35-14-22-16-36(17-23(22)15-35)25-5-3-4-21(12-25)28-13-26(29-30(31)32-19-34-38(28)29)27-6-9-33-37(27)24-7-10-40-11-8-24/h3-6,9,12-13,19-20,22-24H,7-8,10-11,14-18H2,1-2H3,(H2,31,32,34). The van der Waals surface area contributed by atoms with E-state index < -0.39 is 0 Å². The monoisotopic (exact) mass is 542 g/mol. The molecule has 3 aliphatic heterocycles. The van der Waals surface area contributed by atoms with E-state index in [0.717, 1.165) is 86.9 Å². The second kappa shape index (κ2) is 10.5. The molecule has 0 amide bonds. The molecular formula is C30H38N8O2. The van der Waals surface area contributed by atoms with Gasteiger partial charge in [-0.2, -0.15) is 10.2 Å². The van der Waals surface area contributed by atoms with E-state index in [1.807, 2.05) is 10.7 Å². The van der Waals surface area contributed by atoms with E-state index in [0.29, 0.717) is 29.7 Å². The molecule has 10 heteroatoms. The molecule has 3 aliphatic rings. The van der Waals surface area contributed by atoms with Gasteiger partial charge in [0, 0.05) is 75.6 Å². The van der Waals surface area contributed by atoms with Gasteiger partial charge in [-0.3, -0.25) is 9.58 Å². The predicted molar refractivity (Wildman–Crippen MR) is 155 cm³/mol. The molecule has 0 saturated carbocycles. The van der Waals surface area contributed by atoms with Crippen LogP contribution in [0.4, 0.5) is 11.5 Å². The third-order valence-corrected chi connectivity index (χ3v) is 9.12. The van der Waals surface area contributed by atoms with Crippen LogP contribution < -0.4 is 10.6 Å². The lowest BCUT2D eigenvalue weighted by molar-refractivity contribution is 0.0667. The Hall–Kier alpha value is -3.47. The van der Waals surface area contributed by atoms with Crippen LogP contribution in [0.5, 0.6) is 0 Å². The summed E-state index contributed by atoms with van der Waals surface area (Å²) in [6.07, 6.45) is 5.30. The van der Waals surface area contributed by atoms with Gasteiger partial charge in [0.25, 0.3) is 0 Å². The fourth-order valence-corrected chi connectivity index (χ4v) is 7.03. The van der Waals surface area contributed by atoms with E-state index >= 15 is 0 Å². The molecule has 3 saturated heterocycles. The summed E-state index contributed by atoms with van der Waals surface area (Å²) in [5.74, 6) is 1.86. The number of nitrogens with two attached hydrogens (primary N) is 1. The van der Waals surface area contributed by atoms with Gasteiger partial charge in [0.1, 0.15) is 11.8 Å². The topological polar surface area (TPSA) is 99.0 Å². The molecule has 6 heterocycles. The highest BCUT2D eigenvalue weighted by Gasteiger charge is 2.41. The van der Waals surface area contributed by atoms with Crippen LogP contribution in [0.1, 0.15) is 25.8 Å². The first-order valence-corrected chi connectivity index (χ1v) is 14.4. The van der Waals surface area contributed by atoms with Crippen molar-refractivity contribution in [2.45, 2.75) is 31.8 Å². The van der Waals surface area contributed by atoms with E-state index in [9.17, 15) is 0 Å². The molecule has 7 rings (SSSR count). The SMILES string of the molecule is COCC(C)N1CC2CN(c3cccc(-c4cc(-c5ccnn5C5CCOCC5)c5c(N)ncnn45)c3)CC2C1. The number of likely N-dealkylation sites (tertiary alicyclic amines) is 1. The highest BCUT2D eigenvalue weighted by molar-refractivity contribution is 5.91.